The molecule has 0 saturated carbocycles. The van der Waals surface area contributed by atoms with Crippen molar-refractivity contribution in [3.63, 3.8) is 0 Å². The van der Waals surface area contributed by atoms with Crippen molar-refractivity contribution >= 4 is 11.6 Å². The van der Waals surface area contributed by atoms with E-state index in [1.165, 1.54) is 17.7 Å². The van der Waals surface area contributed by atoms with Crippen molar-refractivity contribution in [3.8, 4) is 5.75 Å². The number of aryl methyl sites for hydroxylation is 1. The third-order valence-corrected chi connectivity index (χ3v) is 5.50. The Morgan fingerprint density at radius 2 is 1.90 bits per heavy atom. The number of rotatable bonds is 7. The molecule has 154 valence electrons. The van der Waals surface area contributed by atoms with Gasteiger partial charge >= 0.3 is 0 Å². The zero-order valence-electron chi connectivity index (χ0n) is 16.9. The molecule has 7 heteroatoms. The van der Waals surface area contributed by atoms with Crippen molar-refractivity contribution < 1.29 is 14.5 Å². The molecular formula is C22H27N3O4. The van der Waals surface area contributed by atoms with Gasteiger partial charge in [0.25, 0.3) is 11.6 Å². The van der Waals surface area contributed by atoms with Crippen LogP contribution >= 0.6 is 0 Å². The minimum Gasteiger partial charge on any atom is -0.497 e. The molecule has 1 aliphatic rings. The predicted molar refractivity (Wildman–Crippen MR) is 111 cm³/mol. The molecule has 1 saturated heterocycles. The number of methoxy groups -OCH3 is 1. The zero-order valence-corrected chi connectivity index (χ0v) is 16.9. The van der Waals surface area contributed by atoms with Gasteiger partial charge in [-0.1, -0.05) is 18.2 Å². The molecule has 0 radical (unpaired) electrons. The summed E-state index contributed by atoms with van der Waals surface area (Å²) in [4.78, 5) is 25.4. The Bertz CT molecular complexity index is 859. The summed E-state index contributed by atoms with van der Waals surface area (Å²) in [5.74, 6) is 1.04. The molecule has 1 heterocycles. The zero-order chi connectivity index (χ0) is 20.8. The van der Waals surface area contributed by atoms with Gasteiger partial charge in [0.15, 0.2) is 0 Å². The highest BCUT2D eigenvalue weighted by Gasteiger charge is 2.21. The Morgan fingerprint density at radius 1 is 1.21 bits per heavy atom. The summed E-state index contributed by atoms with van der Waals surface area (Å²) in [6.45, 7) is 5.27. The van der Waals surface area contributed by atoms with E-state index in [4.69, 9.17) is 4.74 Å². The Labute approximate surface area is 170 Å². The fraction of sp³-hybridized carbons (Fsp3) is 0.409. The number of likely N-dealkylation sites (tertiary alicyclic amines) is 1. The number of carbonyl (C=O) groups excluding carboxylic acids is 1. The van der Waals surface area contributed by atoms with E-state index in [0.717, 1.165) is 43.8 Å². The first-order valence-electron chi connectivity index (χ1n) is 9.85. The van der Waals surface area contributed by atoms with E-state index in [9.17, 15) is 14.9 Å². The first-order valence-corrected chi connectivity index (χ1v) is 9.85. The fourth-order valence-corrected chi connectivity index (χ4v) is 3.64. The first-order chi connectivity index (χ1) is 14.0. The number of benzene rings is 2. The molecule has 0 unspecified atom stereocenters. The standard InChI is InChI=1S/C22H27N3O4/c1-16-3-6-19(25(27)28)13-21(16)22(26)23-14-17-9-11-24(12-10-17)15-18-4-7-20(29-2)8-5-18/h3-8,13,17H,9-12,14-15H2,1-2H3,(H,23,26). The monoisotopic (exact) mass is 397 g/mol. The van der Waals surface area contributed by atoms with Crippen LogP contribution in [-0.4, -0.2) is 42.5 Å². The van der Waals surface area contributed by atoms with Gasteiger partial charge < -0.3 is 10.1 Å². The highest BCUT2D eigenvalue weighted by molar-refractivity contribution is 5.96. The highest BCUT2D eigenvalue weighted by Crippen LogP contribution is 2.21. The van der Waals surface area contributed by atoms with Crippen molar-refractivity contribution in [1.29, 1.82) is 0 Å². The first kappa shape index (κ1) is 20.8. The van der Waals surface area contributed by atoms with Gasteiger partial charge in [-0.25, -0.2) is 0 Å². The van der Waals surface area contributed by atoms with Gasteiger partial charge in [-0.15, -0.1) is 0 Å². The maximum atomic E-state index is 12.5. The van der Waals surface area contributed by atoms with Crippen LogP contribution in [0.3, 0.4) is 0 Å². The maximum Gasteiger partial charge on any atom is 0.270 e. The minimum atomic E-state index is -0.477. The topological polar surface area (TPSA) is 84.7 Å². The normalized spacial score (nSPS) is 15.1. The summed E-state index contributed by atoms with van der Waals surface area (Å²) in [5, 5.41) is 13.9. The van der Waals surface area contributed by atoms with Crippen LogP contribution < -0.4 is 10.1 Å². The molecule has 0 aromatic heterocycles. The number of nitro groups is 1. The fourth-order valence-electron chi connectivity index (χ4n) is 3.64. The number of piperidine rings is 1. The van der Waals surface area contributed by atoms with Crippen molar-refractivity contribution in [3.05, 3.63) is 69.3 Å². The summed E-state index contributed by atoms with van der Waals surface area (Å²) >= 11 is 0. The highest BCUT2D eigenvalue weighted by atomic mass is 16.6. The molecule has 0 aliphatic carbocycles. The largest absolute Gasteiger partial charge is 0.497 e. The van der Waals surface area contributed by atoms with E-state index in [1.54, 1.807) is 20.1 Å². The number of hydrogen-bond donors (Lipinski definition) is 1. The number of non-ortho nitro benzene ring substituents is 1. The van der Waals surface area contributed by atoms with Crippen LogP contribution in [0.4, 0.5) is 5.69 Å². The maximum absolute atomic E-state index is 12.5. The Balaban J connectivity index is 1.46. The molecule has 2 aromatic carbocycles. The van der Waals surface area contributed by atoms with Gasteiger partial charge in [0.2, 0.25) is 0 Å². The van der Waals surface area contributed by atoms with Crippen molar-refractivity contribution in [1.82, 2.24) is 10.2 Å². The second-order valence-electron chi connectivity index (χ2n) is 7.53. The molecule has 1 N–H and O–H groups in total. The van der Waals surface area contributed by atoms with Crippen molar-refractivity contribution in [2.24, 2.45) is 5.92 Å². The number of hydrogen-bond acceptors (Lipinski definition) is 5. The Hall–Kier alpha value is -2.93. The molecular weight excluding hydrogens is 370 g/mol. The SMILES string of the molecule is COc1ccc(CN2CCC(CNC(=O)c3cc([N+](=O)[O-])ccc3C)CC2)cc1. The summed E-state index contributed by atoms with van der Waals surface area (Å²) < 4.78 is 5.20. The predicted octanol–water partition coefficient (Wildman–Crippen LogP) is 3.55. The molecule has 0 atom stereocenters. The molecule has 7 nitrogen and oxygen atoms in total. The summed E-state index contributed by atoms with van der Waals surface area (Å²) in [5.41, 5.74) is 2.31. The van der Waals surface area contributed by atoms with Gasteiger partial charge in [-0.3, -0.25) is 19.8 Å². The van der Waals surface area contributed by atoms with Gasteiger partial charge in [0, 0.05) is 30.8 Å². The number of nitro benzene ring substituents is 1. The number of amides is 1. The minimum absolute atomic E-state index is 0.0624. The van der Waals surface area contributed by atoms with Crippen LogP contribution in [0.15, 0.2) is 42.5 Å². The van der Waals surface area contributed by atoms with Crippen LogP contribution in [0.1, 0.15) is 34.3 Å². The third-order valence-electron chi connectivity index (χ3n) is 5.50. The van der Waals surface area contributed by atoms with Gasteiger partial charge in [-0.05, 0) is 62.0 Å². The van der Waals surface area contributed by atoms with Crippen LogP contribution in [0, 0.1) is 23.0 Å². The van der Waals surface area contributed by atoms with Crippen LogP contribution in [0.2, 0.25) is 0 Å². The van der Waals surface area contributed by atoms with E-state index >= 15 is 0 Å². The van der Waals surface area contributed by atoms with E-state index < -0.39 is 4.92 Å². The number of carbonyl (C=O) groups is 1. The lowest BCUT2D eigenvalue weighted by molar-refractivity contribution is -0.384. The molecule has 1 fully saturated rings. The molecule has 1 aliphatic heterocycles. The van der Waals surface area contributed by atoms with E-state index in [2.05, 4.69) is 22.3 Å². The van der Waals surface area contributed by atoms with Crippen LogP contribution in [-0.2, 0) is 6.54 Å². The Morgan fingerprint density at radius 3 is 2.52 bits per heavy atom. The second-order valence-corrected chi connectivity index (χ2v) is 7.53. The Kier molecular flexibility index (Phi) is 6.82. The van der Waals surface area contributed by atoms with Crippen LogP contribution in [0.5, 0.6) is 5.75 Å². The van der Waals surface area contributed by atoms with Crippen molar-refractivity contribution in [2.75, 3.05) is 26.7 Å². The smallest absolute Gasteiger partial charge is 0.270 e. The molecule has 0 bridgehead atoms. The molecule has 1 amide bonds. The average Bonchev–Trinajstić information content (AvgIpc) is 2.73. The third kappa shape index (κ3) is 5.54. The van der Waals surface area contributed by atoms with Gasteiger partial charge in [0.1, 0.15) is 5.75 Å². The molecule has 3 rings (SSSR count). The van der Waals surface area contributed by atoms with Crippen LogP contribution in [0.25, 0.3) is 0 Å². The lowest BCUT2D eigenvalue weighted by Gasteiger charge is -2.32. The lowest BCUT2D eigenvalue weighted by Crippen LogP contribution is -2.38. The lowest BCUT2D eigenvalue weighted by atomic mass is 9.96. The number of ether oxygens (including phenoxy) is 1. The summed E-state index contributed by atoms with van der Waals surface area (Å²) in [7, 11) is 1.67. The summed E-state index contributed by atoms with van der Waals surface area (Å²) in [6, 6.07) is 12.5. The molecule has 0 spiro atoms. The van der Waals surface area contributed by atoms with E-state index in [1.807, 2.05) is 12.1 Å². The second kappa shape index (κ2) is 9.52. The van der Waals surface area contributed by atoms with Crippen molar-refractivity contribution in [2.45, 2.75) is 26.3 Å². The number of nitrogens with zero attached hydrogens (tertiary/aromatic N) is 2. The van der Waals surface area contributed by atoms with Gasteiger partial charge in [0.05, 0.1) is 12.0 Å². The van der Waals surface area contributed by atoms with E-state index in [0.29, 0.717) is 18.0 Å². The van der Waals surface area contributed by atoms with E-state index in [-0.39, 0.29) is 11.6 Å². The van der Waals surface area contributed by atoms with Gasteiger partial charge in [-0.2, -0.15) is 0 Å². The molecule has 29 heavy (non-hydrogen) atoms. The average molecular weight is 397 g/mol. The number of nitrogens with one attached hydrogen (secondary N) is 1. The summed E-state index contributed by atoms with van der Waals surface area (Å²) in [6.07, 6.45) is 2.04. The molecule has 2 aromatic rings. The quantitative estimate of drug-likeness (QED) is 0.570.